The molecule has 1 aliphatic heterocycles. The van der Waals surface area contributed by atoms with E-state index < -0.39 is 0 Å². The summed E-state index contributed by atoms with van der Waals surface area (Å²) in [5.41, 5.74) is 1.19. The van der Waals surface area contributed by atoms with Gasteiger partial charge in [0.2, 0.25) is 0 Å². The lowest BCUT2D eigenvalue weighted by Gasteiger charge is -2.63. The van der Waals surface area contributed by atoms with Gasteiger partial charge in [-0.05, 0) is 62.6 Å². The first-order valence-electron chi connectivity index (χ1n) is 11.1. The number of benzene rings is 1. The highest BCUT2D eigenvalue weighted by molar-refractivity contribution is 14.0. The van der Waals surface area contributed by atoms with Crippen LogP contribution in [0.3, 0.4) is 0 Å². The zero-order chi connectivity index (χ0) is 20.0. The topological polar surface area (TPSA) is 54.9 Å². The zero-order valence-electron chi connectivity index (χ0n) is 17.8. The van der Waals surface area contributed by atoms with E-state index in [0.29, 0.717) is 41.8 Å². The maximum atomic E-state index is 14.5. The third-order valence-electron chi connectivity index (χ3n) is 7.53. The van der Waals surface area contributed by atoms with E-state index in [1.165, 1.54) is 32.1 Å². The molecule has 0 amide bonds. The molecular weight excluding hydrogens is 496 g/mol. The summed E-state index contributed by atoms with van der Waals surface area (Å²) >= 11 is 0. The van der Waals surface area contributed by atoms with Crippen molar-refractivity contribution in [2.24, 2.45) is 22.2 Å². The van der Waals surface area contributed by atoms with Crippen LogP contribution in [0.15, 0.2) is 23.2 Å². The molecule has 5 nitrogen and oxygen atoms in total. The number of nitrogens with one attached hydrogen (secondary N) is 2. The monoisotopic (exact) mass is 529 g/mol. The summed E-state index contributed by atoms with van der Waals surface area (Å²) in [5, 5.41) is 7.12. The van der Waals surface area contributed by atoms with E-state index >= 15 is 0 Å². The Morgan fingerprint density at radius 3 is 2.77 bits per heavy atom. The largest absolute Gasteiger partial charge is 0.490 e. The quantitative estimate of drug-likeness (QED) is 0.326. The molecule has 5 rings (SSSR count). The van der Waals surface area contributed by atoms with Gasteiger partial charge < -0.3 is 20.1 Å². The Morgan fingerprint density at radius 2 is 2.13 bits per heavy atom. The van der Waals surface area contributed by atoms with Crippen LogP contribution in [0, 0.1) is 23.1 Å². The third kappa shape index (κ3) is 3.92. The van der Waals surface area contributed by atoms with Gasteiger partial charge in [0.25, 0.3) is 0 Å². The Bertz CT molecular complexity index is 797. The molecule has 3 aliphatic carbocycles. The number of nitrogens with zero attached hydrogens (tertiary/aromatic N) is 1. The predicted molar refractivity (Wildman–Crippen MR) is 126 cm³/mol. The van der Waals surface area contributed by atoms with E-state index in [1.807, 2.05) is 13.0 Å². The van der Waals surface area contributed by atoms with Gasteiger partial charge in [0.15, 0.2) is 17.5 Å². The maximum absolute atomic E-state index is 14.5. The van der Waals surface area contributed by atoms with Crippen LogP contribution < -0.4 is 15.4 Å². The zero-order valence-corrected chi connectivity index (χ0v) is 20.2. The van der Waals surface area contributed by atoms with E-state index in [0.717, 1.165) is 24.6 Å². The molecule has 1 heterocycles. The number of guanidine groups is 1. The summed E-state index contributed by atoms with van der Waals surface area (Å²) in [6.07, 6.45) is 7.73. The number of hydrogen-bond donors (Lipinski definition) is 2. The van der Waals surface area contributed by atoms with Gasteiger partial charge in [0, 0.05) is 31.0 Å². The van der Waals surface area contributed by atoms with Crippen molar-refractivity contribution in [2.75, 3.05) is 20.3 Å². The molecule has 1 aromatic carbocycles. The minimum absolute atomic E-state index is 0. The second-order valence-electron chi connectivity index (χ2n) is 9.34. The summed E-state index contributed by atoms with van der Waals surface area (Å²) in [7, 11) is 1.80. The van der Waals surface area contributed by atoms with Gasteiger partial charge in [-0.15, -0.1) is 24.0 Å². The molecule has 1 saturated heterocycles. The molecule has 0 aromatic heterocycles. The smallest absolute Gasteiger partial charge is 0.191 e. The average molecular weight is 529 g/mol. The number of aliphatic imine (C=N–C) groups is 1. The molecule has 4 atom stereocenters. The van der Waals surface area contributed by atoms with Crippen molar-refractivity contribution in [1.29, 1.82) is 0 Å². The molecule has 3 saturated carbocycles. The highest BCUT2D eigenvalue weighted by Crippen LogP contribution is 2.62. The van der Waals surface area contributed by atoms with E-state index in [-0.39, 0.29) is 35.8 Å². The van der Waals surface area contributed by atoms with Gasteiger partial charge in [0.1, 0.15) is 0 Å². The second-order valence-corrected chi connectivity index (χ2v) is 9.34. The first kappa shape index (κ1) is 22.1. The van der Waals surface area contributed by atoms with Gasteiger partial charge in [-0.1, -0.05) is 12.5 Å². The van der Waals surface area contributed by atoms with Crippen LogP contribution in [0.1, 0.15) is 57.1 Å². The Labute approximate surface area is 195 Å². The second kappa shape index (κ2) is 8.81. The average Bonchev–Trinajstić information content (AvgIpc) is 3.41. The molecule has 1 aromatic rings. The molecule has 2 N–H and O–H groups in total. The first-order chi connectivity index (χ1) is 14.1. The van der Waals surface area contributed by atoms with E-state index in [9.17, 15) is 4.39 Å². The number of halogens is 2. The Balaban J connectivity index is 0.00000218. The summed E-state index contributed by atoms with van der Waals surface area (Å²) in [5.74, 6) is 2.04. The molecule has 7 heteroatoms. The van der Waals surface area contributed by atoms with Crippen molar-refractivity contribution in [3.8, 4) is 5.75 Å². The van der Waals surface area contributed by atoms with Crippen molar-refractivity contribution in [3.05, 3.63) is 29.6 Å². The number of fused-ring (bicyclic) bond motifs is 2. The van der Waals surface area contributed by atoms with Crippen LogP contribution in [0.4, 0.5) is 4.39 Å². The fraction of sp³-hybridized carbons (Fsp3) is 0.696. The summed E-state index contributed by atoms with van der Waals surface area (Å²) in [6.45, 7) is 3.54. The molecule has 4 unspecified atom stereocenters. The highest BCUT2D eigenvalue weighted by atomic mass is 127. The van der Waals surface area contributed by atoms with Gasteiger partial charge >= 0.3 is 0 Å². The molecule has 1 spiro atoms. The van der Waals surface area contributed by atoms with Crippen LogP contribution in [-0.2, 0) is 4.74 Å². The highest BCUT2D eigenvalue weighted by Gasteiger charge is 2.66. The fourth-order valence-electron chi connectivity index (χ4n) is 5.46. The Hall–Kier alpha value is -1.09. The summed E-state index contributed by atoms with van der Waals surface area (Å²) in [6, 6.07) is 5.63. The van der Waals surface area contributed by atoms with Gasteiger partial charge in [-0.2, -0.15) is 0 Å². The van der Waals surface area contributed by atoms with E-state index in [1.54, 1.807) is 19.2 Å². The van der Waals surface area contributed by atoms with Crippen LogP contribution >= 0.6 is 24.0 Å². The molecule has 166 valence electrons. The van der Waals surface area contributed by atoms with Crippen molar-refractivity contribution in [1.82, 2.24) is 10.6 Å². The maximum Gasteiger partial charge on any atom is 0.191 e. The van der Waals surface area contributed by atoms with Crippen molar-refractivity contribution in [3.63, 3.8) is 0 Å². The van der Waals surface area contributed by atoms with E-state index in [4.69, 9.17) is 9.47 Å². The van der Waals surface area contributed by atoms with E-state index in [2.05, 4.69) is 15.6 Å². The lowest BCUT2D eigenvalue weighted by molar-refractivity contribution is -0.171. The Morgan fingerprint density at radius 1 is 1.33 bits per heavy atom. The standard InChI is InChI=1S/C23H32FN3O2.HI/c1-14(16-6-7-19(18(24)12-16)29-13-15-4-5-15)26-22(25-2)27-20-17-8-11-28-21(17)23(20)9-3-10-23;/h6-7,12,14-15,17,20-21H,3-5,8-11,13H2,1-2H3,(H2,25,26,27);1H. The van der Waals surface area contributed by atoms with Crippen LogP contribution in [-0.4, -0.2) is 38.4 Å². The first-order valence-corrected chi connectivity index (χ1v) is 11.1. The summed E-state index contributed by atoms with van der Waals surface area (Å²) in [4.78, 5) is 4.44. The number of rotatable bonds is 6. The van der Waals surface area contributed by atoms with Crippen LogP contribution in [0.25, 0.3) is 0 Å². The lowest BCUT2D eigenvalue weighted by atomic mass is 9.46. The van der Waals surface area contributed by atoms with Gasteiger partial charge in [-0.3, -0.25) is 4.99 Å². The molecule has 4 fully saturated rings. The minimum atomic E-state index is -0.293. The Kier molecular flexibility index (Phi) is 6.49. The third-order valence-corrected chi connectivity index (χ3v) is 7.53. The normalized spacial score (nSPS) is 29.8. The number of hydrogen-bond acceptors (Lipinski definition) is 3. The minimum Gasteiger partial charge on any atom is -0.490 e. The van der Waals surface area contributed by atoms with Crippen LogP contribution in [0.5, 0.6) is 5.75 Å². The molecule has 30 heavy (non-hydrogen) atoms. The molecule has 4 aliphatic rings. The van der Waals surface area contributed by atoms with Crippen molar-refractivity contribution in [2.45, 2.75) is 63.6 Å². The van der Waals surface area contributed by atoms with Gasteiger partial charge in [0.05, 0.1) is 18.8 Å². The lowest BCUT2D eigenvalue weighted by Crippen LogP contribution is -2.72. The van der Waals surface area contributed by atoms with Crippen molar-refractivity contribution < 1.29 is 13.9 Å². The summed E-state index contributed by atoms with van der Waals surface area (Å²) < 4.78 is 26.1. The number of ether oxygens (including phenoxy) is 2. The molecule has 0 bridgehead atoms. The molecule has 0 radical (unpaired) electrons. The fourth-order valence-corrected chi connectivity index (χ4v) is 5.46. The van der Waals surface area contributed by atoms with Crippen molar-refractivity contribution >= 4 is 29.9 Å². The predicted octanol–water partition coefficient (Wildman–Crippen LogP) is 4.42. The van der Waals surface area contributed by atoms with Crippen LogP contribution in [0.2, 0.25) is 0 Å². The molecular formula is C23H33FIN3O2. The van der Waals surface area contributed by atoms with Gasteiger partial charge in [-0.25, -0.2) is 4.39 Å². The SMILES string of the molecule is CN=C(NC(C)c1ccc(OCC2CC2)c(F)c1)NC1C2CCOC2C12CCC2.I.